The fourth-order valence-corrected chi connectivity index (χ4v) is 1.63. The fraction of sp³-hybridized carbons (Fsp3) is 0.0909. The van der Waals surface area contributed by atoms with Crippen LogP contribution >= 0.6 is 11.6 Å². The van der Waals surface area contributed by atoms with Crippen molar-refractivity contribution in [3.05, 3.63) is 41.4 Å². The van der Waals surface area contributed by atoms with Gasteiger partial charge in [0.25, 0.3) is 0 Å². The molecule has 0 bridgehead atoms. The molecule has 0 aliphatic rings. The second-order valence-corrected chi connectivity index (χ2v) is 4.05. The highest BCUT2D eigenvalue weighted by Gasteiger charge is 2.11. The average molecular weight is 281 g/mol. The summed E-state index contributed by atoms with van der Waals surface area (Å²) in [6, 6.07) is 4.23. The predicted octanol–water partition coefficient (Wildman–Crippen LogP) is 1.27. The summed E-state index contributed by atoms with van der Waals surface area (Å²) in [7, 11) is 0. The molecule has 0 aliphatic carbocycles. The lowest BCUT2D eigenvalue weighted by molar-refractivity contribution is -0.116. The minimum atomic E-state index is -1.16. The first-order valence-corrected chi connectivity index (χ1v) is 5.59. The average Bonchev–Trinajstić information content (AvgIpc) is 2.84. The van der Waals surface area contributed by atoms with E-state index in [1.165, 1.54) is 35.5 Å². The molecule has 0 saturated heterocycles. The van der Waals surface area contributed by atoms with Crippen molar-refractivity contribution < 1.29 is 14.7 Å². The molecular weight excluding hydrogens is 272 g/mol. The van der Waals surface area contributed by atoms with Crippen molar-refractivity contribution in [2.45, 2.75) is 6.54 Å². The summed E-state index contributed by atoms with van der Waals surface area (Å²) in [5.41, 5.74) is 0.284. The molecule has 1 aromatic carbocycles. The van der Waals surface area contributed by atoms with Gasteiger partial charge in [-0.2, -0.15) is 5.10 Å². The first-order valence-electron chi connectivity index (χ1n) is 5.21. The van der Waals surface area contributed by atoms with Crippen molar-refractivity contribution in [2.75, 3.05) is 5.32 Å². The molecular formula is C11H9ClN4O3. The predicted molar refractivity (Wildman–Crippen MR) is 67.1 cm³/mol. The number of hydrogen-bond donors (Lipinski definition) is 2. The number of carbonyl (C=O) groups is 2. The van der Waals surface area contributed by atoms with Crippen LogP contribution in [0, 0.1) is 0 Å². The quantitative estimate of drug-likeness (QED) is 0.879. The van der Waals surface area contributed by atoms with Crippen LogP contribution in [0.2, 0.25) is 5.02 Å². The molecule has 1 heterocycles. The zero-order valence-corrected chi connectivity index (χ0v) is 10.3. The number of aromatic carboxylic acids is 1. The van der Waals surface area contributed by atoms with Crippen LogP contribution in [0.25, 0.3) is 0 Å². The van der Waals surface area contributed by atoms with E-state index < -0.39 is 5.97 Å². The van der Waals surface area contributed by atoms with Crippen LogP contribution in [0.15, 0.2) is 30.9 Å². The Morgan fingerprint density at radius 1 is 1.42 bits per heavy atom. The number of halogens is 1. The number of benzene rings is 1. The van der Waals surface area contributed by atoms with Crippen LogP contribution in [0.3, 0.4) is 0 Å². The summed E-state index contributed by atoms with van der Waals surface area (Å²) in [4.78, 5) is 26.3. The number of carboxylic acid groups (broad SMARTS) is 1. The number of rotatable bonds is 4. The van der Waals surface area contributed by atoms with Crippen LogP contribution in [-0.2, 0) is 11.3 Å². The van der Waals surface area contributed by atoms with Gasteiger partial charge in [0.15, 0.2) is 0 Å². The van der Waals surface area contributed by atoms with Crippen molar-refractivity contribution in [3.8, 4) is 0 Å². The van der Waals surface area contributed by atoms with E-state index in [0.717, 1.165) is 0 Å². The van der Waals surface area contributed by atoms with E-state index in [-0.39, 0.29) is 23.0 Å². The Hall–Kier alpha value is -2.41. The first kappa shape index (κ1) is 13.0. The monoisotopic (exact) mass is 280 g/mol. The summed E-state index contributed by atoms with van der Waals surface area (Å²) >= 11 is 5.73. The van der Waals surface area contributed by atoms with Gasteiger partial charge in [-0.1, -0.05) is 11.6 Å². The number of nitrogens with zero attached hydrogens (tertiary/aromatic N) is 3. The fourth-order valence-electron chi connectivity index (χ4n) is 1.43. The molecule has 0 unspecified atom stereocenters. The molecule has 2 N–H and O–H groups in total. The topological polar surface area (TPSA) is 97.1 Å². The Morgan fingerprint density at radius 3 is 2.84 bits per heavy atom. The van der Waals surface area contributed by atoms with Gasteiger partial charge in [-0.15, -0.1) is 0 Å². The van der Waals surface area contributed by atoms with Gasteiger partial charge in [0, 0.05) is 5.69 Å². The first-order chi connectivity index (χ1) is 9.06. The Kier molecular flexibility index (Phi) is 3.76. The maximum Gasteiger partial charge on any atom is 0.337 e. The van der Waals surface area contributed by atoms with Crippen molar-refractivity contribution >= 4 is 29.2 Å². The zero-order valence-electron chi connectivity index (χ0n) is 9.58. The molecule has 2 rings (SSSR count). The highest BCUT2D eigenvalue weighted by atomic mass is 35.5. The molecule has 0 saturated carbocycles. The molecule has 0 radical (unpaired) electrons. The summed E-state index contributed by atoms with van der Waals surface area (Å²) in [6.45, 7) is -0.00890. The van der Waals surface area contributed by atoms with Crippen molar-refractivity contribution in [3.63, 3.8) is 0 Å². The lowest BCUT2D eigenvalue weighted by Gasteiger charge is -2.07. The Balaban J connectivity index is 2.09. The molecule has 0 aliphatic heterocycles. The van der Waals surface area contributed by atoms with E-state index in [4.69, 9.17) is 16.7 Å². The van der Waals surface area contributed by atoms with Crippen LogP contribution in [-0.4, -0.2) is 31.7 Å². The van der Waals surface area contributed by atoms with Gasteiger partial charge in [0.2, 0.25) is 5.91 Å². The maximum atomic E-state index is 11.7. The summed E-state index contributed by atoms with van der Waals surface area (Å²) in [5, 5.41) is 15.4. The van der Waals surface area contributed by atoms with Gasteiger partial charge in [-0.25, -0.2) is 14.5 Å². The molecule has 8 heteroatoms. The third-order valence-corrected chi connectivity index (χ3v) is 2.58. The molecule has 0 spiro atoms. The Morgan fingerprint density at radius 2 is 2.21 bits per heavy atom. The zero-order chi connectivity index (χ0) is 13.8. The molecule has 0 atom stereocenters. The van der Waals surface area contributed by atoms with Gasteiger partial charge in [-0.05, 0) is 18.2 Å². The van der Waals surface area contributed by atoms with E-state index in [0.29, 0.717) is 5.69 Å². The molecule has 0 fully saturated rings. The maximum absolute atomic E-state index is 11.7. The number of hydrogen-bond acceptors (Lipinski definition) is 4. The Bertz CT molecular complexity index is 612. The van der Waals surface area contributed by atoms with E-state index in [1.807, 2.05) is 0 Å². The normalized spacial score (nSPS) is 10.2. The number of anilines is 1. The van der Waals surface area contributed by atoms with Crippen LogP contribution in [0.1, 0.15) is 10.4 Å². The highest BCUT2D eigenvalue weighted by molar-refractivity contribution is 6.33. The van der Waals surface area contributed by atoms with E-state index in [2.05, 4.69) is 15.4 Å². The smallest absolute Gasteiger partial charge is 0.337 e. The lowest BCUT2D eigenvalue weighted by Crippen LogP contribution is -2.19. The number of carbonyl (C=O) groups excluding carboxylic acids is 1. The number of aromatic nitrogens is 3. The van der Waals surface area contributed by atoms with E-state index in [1.54, 1.807) is 0 Å². The van der Waals surface area contributed by atoms with Crippen LogP contribution in [0.5, 0.6) is 0 Å². The largest absolute Gasteiger partial charge is 0.478 e. The number of carboxylic acids is 1. The molecule has 2 aromatic rings. The summed E-state index contributed by atoms with van der Waals surface area (Å²) < 4.78 is 1.35. The summed E-state index contributed by atoms with van der Waals surface area (Å²) in [5.74, 6) is -1.50. The van der Waals surface area contributed by atoms with Gasteiger partial charge in [-0.3, -0.25) is 4.79 Å². The number of nitrogens with one attached hydrogen (secondary N) is 1. The van der Waals surface area contributed by atoms with Gasteiger partial charge < -0.3 is 10.4 Å². The van der Waals surface area contributed by atoms with Gasteiger partial charge in [0.05, 0.1) is 10.6 Å². The third-order valence-electron chi connectivity index (χ3n) is 2.25. The van der Waals surface area contributed by atoms with Crippen molar-refractivity contribution in [1.82, 2.24) is 14.8 Å². The summed E-state index contributed by atoms with van der Waals surface area (Å²) in [6.07, 6.45) is 2.72. The standard InChI is InChI=1S/C11H9ClN4O3/c12-9-2-1-7(3-8(9)11(18)19)15-10(17)4-16-6-13-5-14-16/h1-3,5-6H,4H2,(H,15,17)(H,18,19). The SMILES string of the molecule is O=C(Cn1cncn1)Nc1ccc(Cl)c(C(=O)O)c1. The van der Waals surface area contributed by atoms with E-state index in [9.17, 15) is 9.59 Å². The highest BCUT2D eigenvalue weighted by Crippen LogP contribution is 2.20. The lowest BCUT2D eigenvalue weighted by atomic mass is 10.2. The molecule has 98 valence electrons. The third kappa shape index (κ3) is 3.29. The van der Waals surface area contributed by atoms with Crippen molar-refractivity contribution in [1.29, 1.82) is 0 Å². The molecule has 7 nitrogen and oxygen atoms in total. The second kappa shape index (κ2) is 5.49. The van der Waals surface area contributed by atoms with Gasteiger partial charge in [0.1, 0.15) is 19.2 Å². The molecule has 19 heavy (non-hydrogen) atoms. The Labute approximate surface area is 112 Å². The van der Waals surface area contributed by atoms with E-state index >= 15 is 0 Å². The molecule has 1 amide bonds. The molecule has 1 aromatic heterocycles. The van der Waals surface area contributed by atoms with Gasteiger partial charge >= 0.3 is 5.97 Å². The van der Waals surface area contributed by atoms with Crippen molar-refractivity contribution in [2.24, 2.45) is 0 Å². The second-order valence-electron chi connectivity index (χ2n) is 3.64. The van der Waals surface area contributed by atoms with Crippen LogP contribution in [0.4, 0.5) is 5.69 Å². The van der Waals surface area contributed by atoms with Crippen LogP contribution < -0.4 is 5.32 Å². The number of amides is 1. The minimum Gasteiger partial charge on any atom is -0.478 e. The minimum absolute atomic E-state index is 0.00890.